The highest BCUT2D eigenvalue weighted by molar-refractivity contribution is 4.79. The highest BCUT2D eigenvalue weighted by Crippen LogP contribution is 2.02. The van der Waals surface area contributed by atoms with E-state index in [-0.39, 0.29) is 12.0 Å². The molecule has 0 saturated heterocycles. The minimum atomic E-state index is -0.343. The molecular weight excluding hydrogens is 102 g/mol. The van der Waals surface area contributed by atoms with Crippen LogP contribution in [0.3, 0.4) is 0 Å². The number of nitrogens with zero attached hydrogens (tertiary/aromatic N) is 1. The van der Waals surface area contributed by atoms with E-state index >= 15 is 0 Å². The number of aliphatic hydroxyl groups excluding tert-OH is 1. The van der Waals surface area contributed by atoms with Crippen LogP contribution in [-0.2, 0) is 0 Å². The topological polar surface area (TPSA) is 44.0 Å². The predicted octanol–water partition coefficient (Wildman–Crippen LogP) is 0.917. The molecule has 0 aromatic carbocycles. The van der Waals surface area contributed by atoms with Crippen LogP contribution in [0.5, 0.6) is 0 Å². The molecule has 2 atom stereocenters. The molecule has 0 saturated carbocycles. The molecule has 0 bridgehead atoms. The summed E-state index contributed by atoms with van der Waals surface area (Å²) in [6.45, 7) is 3.49. The normalized spacial score (nSPS) is 16.8. The lowest BCUT2D eigenvalue weighted by Gasteiger charge is -2.02. The lowest BCUT2D eigenvalue weighted by atomic mass is 10.1. The average molecular weight is 113 g/mol. The first-order chi connectivity index (χ1) is 3.66. The summed E-state index contributed by atoms with van der Waals surface area (Å²) in [5, 5.41) is 16.9. The molecule has 0 heterocycles. The molecule has 2 heteroatoms. The molecule has 46 valence electrons. The number of rotatable bonds is 2. The van der Waals surface area contributed by atoms with E-state index in [0.717, 1.165) is 0 Å². The van der Waals surface area contributed by atoms with E-state index in [0.29, 0.717) is 6.42 Å². The zero-order valence-electron chi connectivity index (χ0n) is 5.26. The molecule has 0 aliphatic carbocycles. The number of hydrogen-bond acceptors (Lipinski definition) is 2. The second kappa shape index (κ2) is 3.45. The second-order valence-electron chi connectivity index (χ2n) is 2.11. The fraction of sp³-hybridized carbons (Fsp3) is 0.833. The van der Waals surface area contributed by atoms with Crippen molar-refractivity contribution in [3.05, 3.63) is 0 Å². The Morgan fingerprint density at radius 1 is 1.62 bits per heavy atom. The van der Waals surface area contributed by atoms with Gasteiger partial charge in [0.25, 0.3) is 0 Å². The van der Waals surface area contributed by atoms with E-state index in [1.165, 1.54) is 0 Å². The van der Waals surface area contributed by atoms with Crippen LogP contribution in [0.1, 0.15) is 20.3 Å². The fourth-order valence-electron chi connectivity index (χ4n) is 0.564. The van der Waals surface area contributed by atoms with Crippen LogP contribution in [0.15, 0.2) is 0 Å². The molecule has 8 heavy (non-hydrogen) atoms. The van der Waals surface area contributed by atoms with Gasteiger partial charge < -0.3 is 5.11 Å². The summed E-state index contributed by atoms with van der Waals surface area (Å²) >= 11 is 0. The smallest absolute Gasteiger partial charge is 0.0653 e. The van der Waals surface area contributed by atoms with Crippen LogP contribution in [0, 0.1) is 17.2 Å². The molecule has 2 nitrogen and oxygen atoms in total. The molecule has 0 rings (SSSR count). The van der Waals surface area contributed by atoms with E-state index in [4.69, 9.17) is 10.4 Å². The molecule has 0 aromatic rings. The van der Waals surface area contributed by atoms with Crippen molar-refractivity contribution in [3.63, 3.8) is 0 Å². The van der Waals surface area contributed by atoms with Crippen LogP contribution >= 0.6 is 0 Å². The number of hydrogen-bond donors (Lipinski definition) is 1. The van der Waals surface area contributed by atoms with Gasteiger partial charge in [-0.3, -0.25) is 0 Å². The van der Waals surface area contributed by atoms with Crippen LogP contribution in [0.2, 0.25) is 0 Å². The molecule has 0 aromatic heterocycles. The molecule has 0 aliphatic heterocycles. The van der Waals surface area contributed by atoms with Crippen molar-refractivity contribution in [1.82, 2.24) is 0 Å². The van der Waals surface area contributed by atoms with Crippen LogP contribution in [-0.4, -0.2) is 11.2 Å². The first-order valence-electron chi connectivity index (χ1n) is 2.74. The van der Waals surface area contributed by atoms with E-state index in [1.54, 1.807) is 13.8 Å². The first-order valence-corrected chi connectivity index (χ1v) is 2.74. The molecule has 1 N–H and O–H groups in total. The van der Waals surface area contributed by atoms with Gasteiger partial charge in [0.1, 0.15) is 0 Å². The standard InChI is InChI=1S/C6H11NO/c1-5(4-7)3-6(2)8/h5-6,8H,3H2,1-2H3/t5?,6-/m0/s1. The zero-order chi connectivity index (χ0) is 6.57. The third kappa shape index (κ3) is 3.63. The van der Waals surface area contributed by atoms with E-state index in [1.807, 2.05) is 6.07 Å². The molecule has 1 unspecified atom stereocenters. The average Bonchev–Trinajstić information content (AvgIpc) is 1.65. The summed E-state index contributed by atoms with van der Waals surface area (Å²) in [7, 11) is 0. The Kier molecular flexibility index (Phi) is 3.21. The summed E-state index contributed by atoms with van der Waals surface area (Å²) in [4.78, 5) is 0. The Balaban J connectivity index is 3.28. The van der Waals surface area contributed by atoms with Crippen molar-refractivity contribution >= 4 is 0 Å². The SMILES string of the molecule is CC(C#N)C[C@H](C)O. The van der Waals surface area contributed by atoms with Crippen molar-refractivity contribution in [2.75, 3.05) is 0 Å². The molecule has 0 aliphatic rings. The molecule has 0 fully saturated rings. The van der Waals surface area contributed by atoms with E-state index in [2.05, 4.69) is 0 Å². The van der Waals surface area contributed by atoms with Crippen molar-refractivity contribution < 1.29 is 5.11 Å². The molecule has 0 amide bonds. The lowest BCUT2D eigenvalue weighted by molar-refractivity contribution is 0.173. The van der Waals surface area contributed by atoms with Gasteiger partial charge in [0.2, 0.25) is 0 Å². The minimum absolute atomic E-state index is 0.0185. The first kappa shape index (κ1) is 7.45. The maximum atomic E-state index is 8.70. The Labute approximate surface area is 49.8 Å². The lowest BCUT2D eigenvalue weighted by Crippen LogP contribution is -2.04. The van der Waals surface area contributed by atoms with Gasteiger partial charge >= 0.3 is 0 Å². The van der Waals surface area contributed by atoms with Crippen molar-refractivity contribution in [2.24, 2.45) is 5.92 Å². The monoisotopic (exact) mass is 113 g/mol. The van der Waals surface area contributed by atoms with E-state index in [9.17, 15) is 0 Å². The van der Waals surface area contributed by atoms with Gasteiger partial charge in [-0.25, -0.2) is 0 Å². The predicted molar refractivity (Wildman–Crippen MR) is 31.1 cm³/mol. The summed E-state index contributed by atoms with van der Waals surface area (Å²) < 4.78 is 0. The van der Waals surface area contributed by atoms with Crippen LogP contribution in [0.25, 0.3) is 0 Å². The van der Waals surface area contributed by atoms with Gasteiger partial charge in [0.05, 0.1) is 12.2 Å². The van der Waals surface area contributed by atoms with Crippen molar-refractivity contribution in [2.45, 2.75) is 26.4 Å². The third-order valence-electron chi connectivity index (χ3n) is 0.915. The molecular formula is C6H11NO. The van der Waals surface area contributed by atoms with Gasteiger partial charge in [0, 0.05) is 5.92 Å². The Hall–Kier alpha value is -0.550. The number of nitriles is 1. The quantitative estimate of drug-likeness (QED) is 0.578. The highest BCUT2D eigenvalue weighted by atomic mass is 16.3. The third-order valence-corrected chi connectivity index (χ3v) is 0.915. The molecule has 0 radical (unpaired) electrons. The second-order valence-corrected chi connectivity index (χ2v) is 2.11. The van der Waals surface area contributed by atoms with Crippen LogP contribution < -0.4 is 0 Å². The largest absolute Gasteiger partial charge is 0.393 e. The van der Waals surface area contributed by atoms with E-state index < -0.39 is 0 Å². The fourth-order valence-corrected chi connectivity index (χ4v) is 0.564. The minimum Gasteiger partial charge on any atom is -0.393 e. The van der Waals surface area contributed by atoms with Gasteiger partial charge in [-0.15, -0.1) is 0 Å². The highest BCUT2D eigenvalue weighted by Gasteiger charge is 2.02. The van der Waals surface area contributed by atoms with Crippen molar-refractivity contribution in [1.29, 1.82) is 5.26 Å². The van der Waals surface area contributed by atoms with Gasteiger partial charge in [-0.2, -0.15) is 5.26 Å². The summed E-state index contributed by atoms with van der Waals surface area (Å²) in [5.41, 5.74) is 0. The summed E-state index contributed by atoms with van der Waals surface area (Å²) in [6, 6.07) is 2.04. The van der Waals surface area contributed by atoms with Gasteiger partial charge in [0.15, 0.2) is 0 Å². The Morgan fingerprint density at radius 2 is 2.12 bits per heavy atom. The Bertz CT molecular complexity index is 93.2. The summed E-state index contributed by atoms with van der Waals surface area (Å²) in [5.74, 6) is -0.0185. The number of aliphatic hydroxyl groups is 1. The Morgan fingerprint density at radius 3 is 2.25 bits per heavy atom. The maximum absolute atomic E-state index is 8.70. The zero-order valence-corrected chi connectivity index (χ0v) is 5.26. The van der Waals surface area contributed by atoms with Gasteiger partial charge in [-0.1, -0.05) is 0 Å². The van der Waals surface area contributed by atoms with Crippen LogP contribution in [0.4, 0.5) is 0 Å². The van der Waals surface area contributed by atoms with Gasteiger partial charge in [-0.05, 0) is 20.3 Å². The molecule has 0 spiro atoms. The summed E-state index contributed by atoms with van der Waals surface area (Å²) in [6.07, 6.45) is 0.237. The van der Waals surface area contributed by atoms with Crippen molar-refractivity contribution in [3.8, 4) is 6.07 Å². The maximum Gasteiger partial charge on any atom is 0.0653 e.